The topological polar surface area (TPSA) is 64.0 Å². The Morgan fingerprint density at radius 1 is 1.17 bits per heavy atom. The van der Waals surface area contributed by atoms with E-state index in [0.717, 1.165) is 0 Å². The minimum absolute atomic E-state index is 0.00835. The standard InChI is InChI=1S/C18H16FN3O2/c1-2-22-15-10-6-4-8-13(15)17(23)16(21-22)18(24)20-11-12-7-3-5-9-14(12)19/h3-10H,2,11H2,1H3,(H,20,24). The fraction of sp³-hybridized carbons (Fsp3) is 0.167. The number of aromatic nitrogens is 2. The van der Waals surface area contributed by atoms with Crippen LogP contribution < -0.4 is 10.7 Å². The predicted octanol–water partition coefficient (Wildman–Crippen LogP) is 2.49. The number of nitrogens with one attached hydrogen (secondary N) is 1. The molecule has 5 nitrogen and oxygen atoms in total. The number of rotatable bonds is 4. The van der Waals surface area contributed by atoms with Crippen molar-refractivity contribution < 1.29 is 9.18 Å². The fourth-order valence-electron chi connectivity index (χ4n) is 2.53. The van der Waals surface area contributed by atoms with E-state index in [1.54, 1.807) is 41.1 Å². The van der Waals surface area contributed by atoms with Crippen molar-refractivity contribution in [2.24, 2.45) is 0 Å². The van der Waals surface area contributed by atoms with Gasteiger partial charge in [0.05, 0.1) is 5.52 Å². The molecule has 0 saturated heterocycles. The predicted molar refractivity (Wildman–Crippen MR) is 89.2 cm³/mol. The molecule has 0 saturated carbocycles. The molecular weight excluding hydrogens is 309 g/mol. The van der Waals surface area contributed by atoms with Crippen LogP contribution in [0.4, 0.5) is 4.39 Å². The van der Waals surface area contributed by atoms with E-state index in [0.29, 0.717) is 23.0 Å². The molecule has 1 aromatic heterocycles. The highest BCUT2D eigenvalue weighted by Crippen LogP contribution is 2.10. The van der Waals surface area contributed by atoms with Crippen molar-refractivity contribution in [2.45, 2.75) is 20.0 Å². The number of fused-ring (bicyclic) bond motifs is 1. The van der Waals surface area contributed by atoms with Gasteiger partial charge in [0.1, 0.15) is 5.82 Å². The van der Waals surface area contributed by atoms with Gasteiger partial charge in [0, 0.05) is 24.0 Å². The highest BCUT2D eigenvalue weighted by Gasteiger charge is 2.17. The molecule has 0 atom stereocenters. The Morgan fingerprint density at radius 3 is 2.62 bits per heavy atom. The second kappa shape index (κ2) is 6.62. The van der Waals surface area contributed by atoms with E-state index in [2.05, 4.69) is 10.4 Å². The first-order valence-corrected chi connectivity index (χ1v) is 7.63. The van der Waals surface area contributed by atoms with Crippen LogP contribution in [0.2, 0.25) is 0 Å². The third-order valence-electron chi connectivity index (χ3n) is 3.77. The molecule has 1 N–H and O–H groups in total. The van der Waals surface area contributed by atoms with Crippen LogP contribution in [-0.4, -0.2) is 15.7 Å². The molecular formula is C18H16FN3O2. The van der Waals surface area contributed by atoms with E-state index >= 15 is 0 Å². The molecule has 1 amide bonds. The summed E-state index contributed by atoms with van der Waals surface area (Å²) in [7, 11) is 0. The zero-order valence-corrected chi connectivity index (χ0v) is 13.1. The fourth-order valence-corrected chi connectivity index (χ4v) is 2.53. The van der Waals surface area contributed by atoms with E-state index in [1.165, 1.54) is 6.07 Å². The van der Waals surface area contributed by atoms with Crippen molar-refractivity contribution in [3.05, 3.63) is 75.8 Å². The van der Waals surface area contributed by atoms with Crippen molar-refractivity contribution in [1.29, 1.82) is 0 Å². The van der Waals surface area contributed by atoms with Crippen LogP contribution in [0.25, 0.3) is 10.9 Å². The lowest BCUT2D eigenvalue weighted by Crippen LogP contribution is -2.32. The highest BCUT2D eigenvalue weighted by molar-refractivity contribution is 5.95. The van der Waals surface area contributed by atoms with E-state index in [9.17, 15) is 14.0 Å². The van der Waals surface area contributed by atoms with Crippen molar-refractivity contribution >= 4 is 16.8 Å². The molecule has 0 unspecified atom stereocenters. The Morgan fingerprint density at radius 2 is 1.88 bits per heavy atom. The molecule has 0 aliphatic heterocycles. The molecule has 6 heteroatoms. The minimum atomic E-state index is -0.615. The quantitative estimate of drug-likeness (QED) is 0.801. The van der Waals surface area contributed by atoms with Crippen molar-refractivity contribution in [3.63, 3.8) is 0 Å². The van der Waals surface area contributed by atoms with Gasteiger partial charge in [-0.3, -0.25) is 14.3 Å². The maximum atomic E-state index is 13.6. The summed E-state index contributed by atoms with van der Waals surface area (Å²) in [5.74, 6) is -1.02. The number of halogens is 1. The number of hydrogen-bond acceptors (Lipinski definition) is 3. The number of carbonyl (C=O) groups is 1. The zero-order valence-electron chi connectivity index (χ0n) is 13.1. The maximum absolute atomic E-state index is 13.6. The van der Waals surface area contributed by atoms with Crippen molar-refractivity contribution in [1.82, 2.24) is 15.1 Å². The summed E-state index contributed by atoms with van der Waals surface area (Å²) in [4.78, 5) is 24.9. The van der Waals surface area contributed by atoms with E-state index in [4.69, 9.17) is 0 Å². The summed E-state index contributed by atoms with van der Waals surface area (Å²) in [6, 6.07) is 13.2. The number of carbonyl (C=O) groups excluding carboxylic acids is 1. The highest BCUT2D eigenvalue weighted by atomic mass is 19.1. The summed E-state index contributed by atoms with van der Waals surface area (Å²) in [6.45, 7) is 2.39. The molecule has 122 valence electrons. The van der Waals surface area contributed by atoms with E-state index in [-0.39, 0.29) is 12.2 Å². The molecule has 3 rings (SSSR count). The third-order valence-corrected chi connectivity index (χ3v) is 3.77. The molecule has 0 aliphatic rings. The van der Waals surface area contributed by atoms with Gasteiger partial charge < -0.3 is 5.32 Å². The minimum Gasteiger partial charge on any atom is -0.346 e. The molecule has 24 heavy (non-hydrogen) atoms. The van der Waals surface area contributed by atoms with Gasteiger partial charge in [-0.15, -0.1) is 0 Å². The Balaban J connectivity index is 1.94. The Hall–Kier alpha value is -3.02. The zero-order chi connectivity index (χ0) is 17.1. The van der Waals surface area contributed by atoms with Gasteiger partial charge in [-0.1, -0.05) is 30.3 Å². The summed E-state index contributed by atoms with van der Waals surface area (Å²) in [5, 5.41) is 7.15. The van der Waals surface area contributed by atoms with Crippen molar-refractivity contribution in [3.8, 4) is 0 Å². The van der Waals surface area contributed by atoms with Gasteiger partial charge >= 0.3 is 0 Å². The number of amides is 1. The SMILES string of the molecule is CCn1nc(C(=O)NCc2ccccc2F)c(=O)c2ccccc21. The first-order valence-electron chi connectivity index (χ1n) is 7.63. The molecule has 1 heterocycles. The molecule has 0 fully saturated rings. The number of para-hydroxylation sites is 1. The van der Waals surface area contributed by atoms with Crippen LogP contribution in [0.15, 0.2) is 53.3 Å². The number of benzene rings is 2. The largest absolute Gasteiger partial charge is 0.346 e. The second-order valence-electron chi connectivity index (χ2n) is 5.28. The average molecular weight is 325 g/mol. The second-order valence-corrected chi connectivity index (χ2v) is 5.28. The van der Waals surface area contributed by atoms with E-state index < -0.39 is 17.2 Å². The summed E-state index contributed by atoms with van der Waals surface area (Å²) >= 11 is 0. The van der Waals surface area contributed by atoms with Crippen LogP contribution in [0.5, 0.6) is 0 Å². The van der Waals surface area contributed by atoms with Crippen LogP contribution in [0.3, 0.4) is 0 Å². The molecule has 0 radical (unpaired) electrons. The molecule has 0 spiro atoms. The normalized spacial score (nSPS) is 10.8. The van der Waals surface area contributed by atoms with Gasteiger partial charge in [0.15, 0.2) is 5.69 Å². The maximum Gasteiger partial charge on any atom is 0.276 e. The molecule has 0 bridgehead atoms. The third kappa shape index (κ3) is 2.90. The lowest BCUT2D eigenvalue weighted by molar-refractivity contribution is 0.0942. The lowest BCUT2D eigenvalue weighted by Gasteiger charge is -2.10. The van der Waals surface area contributed by atoms with Gasteiger partial charge in [-0.2, -0.15) is 5.10 Å². The van der Waals surface area contributed by atoms with E-state index in [1.807, 2.05) is 13.0 Å². The van der Waals surface area contributed by atoms with Gasteiger partial charge in [0.25, 0.3) is 5.91 Å². The number of nitrogens with zero attached hydrogens (tertiary/aromatic N) is 2. The molecule has 0 aliphatic carbocycles. The number of hydrogen-bond donors (Lipinski definition) is 1. The molecule has 2 aromatic carbocycles. The monoisotopic (exact) mass is 325 g/mol. The Labute approximate surface area is 137 Å². The smallest absolute Gasteiger partial charge is 0.276 e. The van der Waals surface area contributed by atoms with Gasteiger partial charge in [0.2, 0.25) is 5.43 Å². The lowest BCUT2D eigenvalue weighted by atomic mass is 10.2. The first-order chi connectivity index (χ1) is 11.6. The van der Waals surface area contributed by atoms with Crippen molar-refractivity contribution in [2.75, 3.05) is 0 Å². The Kier molecular flexibility index (Phi) is 4.37. The first kappa shape index (κ1) is 15.9. The van der Waals surface area contributed by atoms with Crippen LogP contribution in [0.1, 0.15) is 23.0 Å². The molecule has 3 aromatic rings. The Bertz CT molecular complexity index is 966. The van der Waals surface area contributed by atoms with Crippen LogP contribution in [-0.2, 0) is 13.1 Å². The van der Waals surface area contributed by atoms with Crippen LogP contribution in [0, 0.1) is 5.82 Å². The summed E-state index contributed by atoms with van der Waals surface area (Å²) in [6.07, 6.45) is 0. The van der Waals surface area contributed by atoms with Gasteiger partial charge in [-0.05, 0) is 25.1 Å². The van der Waals surface area contributed by atoms with Gasteiger partial charge in [-0.25, -0.2) is 4.39 Å². The van der Waals surface area contributed by atoms with Crippen LogP contribution >= 0.6 is 0 Å². The number of aryl methyl sites for hydroxylation is 1. The summed E-state index contributed by atoms with van der Waals surface area (Å²) in [5.41, 5.74) is 0.409. The average Bonchev–Trinajstić information content (AvgIpc) is 2.61. The summed E-state index contributed by atoms with van der Waals surface area (Å²) < 4.78 is 15.2.